The number of halogens is 1. The second kappa shape index (κ2) is 7.68. The number of aryl methyl sites for hydroxylation is 1. The van der Waals surface area contributed by atoms with Gasteiger partial charge in [0.25, 0.3) is 5.91 Å². The second-order valence-electron chi connectivity index (χ2n) is 5.48. The summed E-state index contributed by atoms with van der Waals surface area (Å²) >= 11 is 2.19. The Bertz CT molecular complexity index is 986. The summed E-state index contributed by atoms with van der Waals surface area (Å²) in [6.45, 7) is 1.52. The summed E-state index contributed by atoms with van der Waals surface area (Å²) in [4.78, 5) is 31.5. The number of imidazole rings is 1. The van der Waals surface area contributed by atoms with Crippen molar-refractivity contribution in [2.75, 3.05) is 11.9 Å². The molecule has 1 aromatic carbocycles. The number of rotatable bonds is 6. The molecule has 0 radical (unpaired) electrons. The molecule has 134 valence electrons. The van der Waals surface area contributed by atoms with E-state index in [1.807, 2.05) is 23.6 Å². The molecule has 0 unspecified atom stereocenters. The first-order valence-corrected chi connectivity index (χ1v) is 8.95. The maximum Gasteiger partial charge on any atom is 0.322 e. The fourth-order valence-corrected chi connectivity index (χ4v) is 3.08. The topological polar surface area (TPSA) is 109 Å². The molecular weight excluding hydrogens is 449 g/mol. The van der Waals surface area contributed by atoms with Crippen molar-refractivity contribution in [2.24, 2.45) is 0 Å². The summed E-state index contributed by atoms with van der Waals surface area (Å²) in [7, 11) is 0. The molecule has 2 heterocycles. The monoisotopic (exact) mass is 465 g/mol. The summed E-state index contributed by atoms with van der Waals surface area (Å²) in [6, 6.07) is 5.29. The largest absolute Gasteiger partial charge is 0.480 e. The number of amides is 1. The van der Waals surface area contributed by atoms with Crippen LogP contribution in [-0.4, -0.2) is 37.9 Å². The van der Waals surface area contributed by atoms with Gasteiger partial charge in [0.1, 0.15) is 10.2 Å². The van der Waals surface area contributed by atoms with Crippen LogP contribution in [0.25, 0.3) is 5.65 Å². The Morgan fingerprint density at radius 2 is 2.12 bits per heavy atom. The van der Waals surface area contributed by atoms with Crippen LogP contribution in [0.3, 0.4) is 0 Å². The van der Waals surface area contributed by atoms with E-state index in [1.54, 1.807) is 24.5 Å². The molecule has 0 aliphatic heterocycles. The van der Waals surface area contributed by atoms with Crippen molar-refractivity contribution in [1.29, 1.82) is 0 Å². The van der Waals surface area contributed by atoms with E-state index in [0.717, 1.165) is 15.0 Å². The highest BCUT2D eigenvalue weighted by Gasteiger charge is 2.13. The van der Waals surface area contributed by atoms with E-state index < -0.39 is 18.4 Å². The highest BCUT2D eigenvalue weighted by molar-refractivity contribution is 14.1. The number of hydrogen-bond donors (Lipinski definition) is 3. The highest BCUT2D eigenvalue weighted by atomic mass is 127. The van der Waals surface area contributed by atoms with Gasteiger partial charge >= 0.3 is 5.97 Å². The number of aromatic nitrogens is 3. The van der Waals surface area contributed by atoms with Crippen molar-refractivity contribution < 1.29 is 14.7 Å². The van der Waals surface area contributed by atoms with Crippen LogP contribution >= 0.6 is 22.6 Å². The number of benzene rings is 1. The van der Waals surface area contributed by atoms with Crippen molar-refractivity contribution in [3.05, 3.63) is 51.6 Å². The number of nitrogens with zero attached hydrogens (tertiary/aromatic N) is 3. The minimum Gasteiger partial charge on any atom is -0.480 e. The Morgan fingerprint density at radius 3 is 2.85 bits per heavy atom. The maximum atomic E-state index is 12.2. The van der Waals surface area contributed by atoms with Crippen molar-refractivity contribution >= 4 is 51.6 Å². The van der Waals surface area contributed by atoms with E-state index in [1.165, 1.54) is 0 Å². The fraction of sp³-hybridized carbons (Fsp3) is 0.176. The molecule has 8 nitrogen and oxygen atoms in total. The van der Waals surface area contributed by atoms with Crippen LogP contribution in [0, 0.1) is 3.70 Å². The lowest BCUT2D eigenvalue weighted by atomic mass is 10.0. The average Bonchev–Trinajstić information content (AvgIpc) is 3.02. The standard InChI is InChI=1S/C17H16IN5O3/c1-2-10-7-11(3-4-12(10)17(26)21-9-14(24)25)22-15-16-20-8-13(18)23(16)6-5-19-15/h3-8H,2,9H2,1H3,(H,19,22)(H,21,26)(H,24,25). The van der Waals surface area contributed by atoms with Gasteiger partial charge in [0.15, 0.2) is 11.5 Å². The van der Waals surface area contributed by atoms with Gasteiger partial charge < -0.3 is 15.7 Å². The summed E-state index contributed by atoms with van der Waals surface area (Å²) in [6.07, 6.45) is 5.91. The first-order valence-electron chi connectivity index (χ1n) is 7.87. The van der Waals surface area contributed by atoms with E-state index in [0.29, 0.717) is 23.4 Å². The van der Waals surface area contributed by atoms with E-state index >= 15 is 0 Å². The minimum atomic E-state index is -1.08. The number of carboxylic acids is 1. The number of nitrogens with one attached hydrogen (secondary N) is 2. The van der Waals surface area contributed by atoms with E-state index in [9.17, 15) is 9.59 Å². The van der Waals surface area contributed by atoms with Crippen LogP contribution in [0.5, 0.6) is 0 Å². The number of aliphatic carboxylic acids is 1. The van der Waals surface area contributed by atoms with Crippen LogP contribution in [0.1, 0.15) is 22.8 Å². The zero-order valence-corrected chi connectivity index (χ0v) is 16.0. The minimum absolute atomic E-state index is 0.404. The van der Waals surface area contributed by atoms with Crippen LogP contribution in [0.2, 0.25) is 0 Å². The quantitative estimate of drug-likeness (QED) is 0.483. The van der Waals surface area contributed by atoms with Crippen molar-refractivity contribution in [3.63, 3.8) is 0 Å². The Kier molecular flexibility index (Phi) is 5.35. The molecule has 0 saturated heterocycles. The van der Waals surface area contributed by atoms with Crippen LogP contribution in [0.15, 0.2) is 36.8 Å². The molecule has 3 rings (SSSR count). The molecule has 0 saturated carbocycles. The SMILES string of the molecule is CCc1cc(Nc2nccn3c(I)cnc23)ccc1C(=O)NCC(=O)O. The maximum absolute atomic E-state index is 12.2. The molecule has 0 aliphatic rings. The molecule has 1 amide bonds. The summed E-state index contributed by atoms with van der Waals surface area (Å²) in [5.41, 5.74) is 2.75. The Morgan fingerprint density at radius 1 is 1.31 bits per heavy atom. The van der Waals surface area contributed by atoms with Gasteiger partial charge in [-0.1, -0.05) is 6.92 Å². The molecule has 3 aromatic rings. The van der Waals surface area contributed by atoms with Gasteiger partial charge in [0, 0.05) is 23.6 Å². The third kappa shape index (κ3) is 3.77. The molecule has 2 aromatic heterocycles. The van der Waals surface area contributed by atoms with Crippen molar-refractivity contribution in [1.82, 2.24) is 19.7 Å². The molecule has 0 aliphatic carbocycles. The lowest BCUT2D eigenvalue weighted by Gasteiger charge is -2.12. The molecule has 9 heteroatoms. The summed E-state index contributed by atoms with van der Waals surface area (Å²) < 4.78 is 2.90. The zero-order chi connectivity index (χ0) is 18.7. The third-order valence-electron chi connectivity index (χ3n) is 3.78. The van der Waals surface area contributed by atoms with Crippen molar-refractivity contribution in [3.8, 4) is 0 Å². The van der Waals surface area contributed by atoms with Gasteiger partial charge in [-0.15, -0.1) is 0 Å². The molecule has 0 bridgehead atoms. The number of carboxylic acid groups (broad SMARTS) is 1. The number of fused-ring (bicyclic) bond motifs is 1. The number of carbonyl (C=O) groups is 2. The van der Waals surface area contributed by atoms with E-state index in [4.69, 9.17) is 5.11 Å². The molecule has 0 spiro atoms. The number of carbonyl (C=O) groups excluding carboxylic acids is 1. The molecule has 0 fully saturated rings. The lowest BCUT2D eigenvalue weighted by Crippen LogP contribution is -2.29. The van der Waals surface area contributed by atoms with E-state index in [2.05, 4.69) is 43.2 Å². The second-order valence-corrected chi connectivity index (χ2v) is 6.58. The molecular formula is C17H16IN5O3. The molecule has 3 N–H and O–H groups in total. The first-order chi connectivity index (χ1) is 12.5. The van der Waals surface area contributed by atoms with Gasteiger partial charge in [0.2, 0.25) is 0 Å². The fourth-order valence-electron chi connectivity index (χ4n) is 2.55. The van der Waals surface area contributed by atoms with Crippen LogP contribution in [-0.2, 0) is 11.2 Å². The van der Waals surface area contributed by atoms with Crippen molar-refractivity contribution in [2.45, 2.75) is 13.3 Å². The lowest BCUT2D eigenvalue weighted by molar-refractivity contribution is -0.135. The normalized spacial score (nSPS) is 10.7. The Hall–Kier alpha value is -2.69. The average molecular weight is 465 g/mol. The predicted molar refractivity (Wildman–Crippen MR) is 105 cm³/mol. The molecule has 26 heavy (non-hydrogen) atoms. The summed E-state index contributed by atoms with van der Waals surface area (Å²) in [5, 5.41) is 14.3. The van der Waals surface area contributed by atoms with Crippen LogP contribution in [0.4, 0.5) is 11.5 Å². The Labute approximate surface area is 162 Å². The van der Waals surface area contributed by atoms with Gasteiger partial charge in [-0.05, 0) is 52.8 Å². The van der Waals surface area contributed by atoms with Gasteiger partial charge in [-0.3, -0.25) is 14.0 Å². The molecule has 0 atom stereocenters. The van der Waals surface area contributed by atoms with E-state index in [-0.39, 0.29) is 0 Å². The number of hydrogen-bond acceptors (Lipinski definition) is 5. The highest BCUT2D eigenvalue weighted by Crippen LogP contribution is 2.23. The third-order valence-corrected chi connectivity index (χ3v) is 4.57. The van der Waals surface area contributed by atoms with Gasteiger partial charge in [-0.25, -0.2) is 9.97 Å². The van der Waals surface area contributed by atoms with Crippen LogP contribution < -0.4 is 10.6 Å². The predicted octanol–water partition coefficient (Wildman–Crippen LogP) is 2.45. The van der Waals surface area contributed by atoms with Gasteiger partial charge in [0.05, 0.1) is 6.20 Å². The number of anilines is 2. The Balaban J connectivity index is 1.87. The smallest absolute Gasteiger partial charge is 0.322 e. The zero-order valence-electron chi connectivity index (χ0n) is 13.9. The van der Waals surface area contributed by atoms with Gasteiger partial charge in [-0.2, -0.15) is 0 Å². The first kappa shape index (κ1) is 18.1. The summed E-state index contributed by atoms with van der Waals surface area (Å²) in [5.74, 6) is -0.873.